The molecule has 0 aliphatic heterocycles. The van der Waals surface area contributed by atoms with Gasteiger partial charge in [0.25, 0.3) is 5.78 Å². The van der Waals surface area contributed by atoms with Gasteiger partial charge in [0.2, 0.25) is 0 Å². The topological polar surface area (TPSA) is 43.1 Å². The first-order valence-corrected chi connectivity index (χ1v) is 8.12. The molecule has 0 saturated heterocycles. The summed E-state index contributed by atoms with van der Waals surface area (Å²) in [7, 11) is 0. The molecule has 2 saturated carbocycles. The fraction of sp³-hybridized carbons (Fsp3) is 0.353. The van der Waals surface area contributed by atoms with E-state index in [1.807, 2.05) is 16.5 Å². The van der Waals surface area contributed by atoms with Gasteiger partial charge in [-0.05, 0) is 49.4 Å². The summed E-state index contributed by atoms with van der Waals surface area (Å²) in [6.45, 7) is 0. The minimum absolute atomic E-state index is 0.0210. The molecule has 2 aliphatic carbocycles. The molecule has 5 heteroatoms. The first-order chi connectivity index (χ1) is 10.8. The highest BCUT2D eigenvalue weighted by Gasteiger charge is 2.49. The molecule has 0 N–H and O–H groups in total. The van der Waals surface area contributed by atoms with Crippen molar-refractivity contribution in [1.29, 1.82) is 0 Å². The van der Waals surface area contributed by atoms with Crippen LogP contribution in [-0.2, 0) is 5.41 Å². The molecule has 3 aromatic rings. The second-order valence-corrected chi connectivity index (χ2v) is 6.85. The molecule has 0 atom stereocenters. The number of rotatable bonds is 3. The van der Waals surface area contributed by atoms with E-state index in [1.165, 1.54) is 18.4 Å². The van der Waals surface area contributed by atoms with E-state index in [9.17, 15) is 0 Å². The standard InChI is InChI=1S/C17H15ClN4/c18-13-5-3-12(4-6-13)17(8-9-17)15-20-21-16-19-14(11-1-2-11)7-10-22(15)16/h3-7,10-11H,1-2,8-9H2. The van der Waals surface area contributed by atoms with Crippen molar-refractivity contribution in [1.82, 2.24) is 19.6 Å². The molecule has 110 valence electrons. The van der Waals surface area contributed by atoms with Crippen molar-refractivity contribution in [2.75, 3.05) is 0 Å². The molecule has 5 rings (SSSR count). The Morgan fingerprint density at radius 2 is 1.82 bits per heavy atom. The fourth-order valence-electron chi connectivity index (χ4n) is 3.27. The number of nitrogens with zero attached hydrogens (tertiary/aromatic N) is 4. The van der Waals surface area contributed by atoms with Crippen molar-refractivity contribution in [3.63, 3.8) is 0 Å². The molecule has 2 heterocycles. The average Bonchev–Trinajstić information content (AvgIpc) is 3.46. The van der Waals surface area contributed by atoms with Gasteiger partial charge in [-0.1, -0.05) is 23.7 Å². The van der Waals surface area contributed by atoms with E-state index in [2.05, 4.69) is 39.6 Å². The summed E-state index contributed by atoms with van der Waals surface area (Å²) in [6, 6.07) is 10.2. The summed E-state index contributed by atoms with van der Waals surface area (Å²) in [5.41, 5.74) is 2.40. The van der Waals surface area contributed by atoms with Crippen molar-refractivity contribution >= 4 is 17.4 Å². The van der Waals surface area contributed by atoms with Crippen LogP contribution in [0.15, 0.2) is 36.5 Å². The fourth-order valence-corrected chi connectivity index (χ4v) is 3.39. The third-order valence-electron chi connectivity index (χ3n) is 4.87. The van der Waals surface area contributed by atoms with Gasteiger partial charge in [-0.25, -0.2) is 4.98 Å². The molecular formula is C17H15ClN4. The Kier molecular flexibility index (Phi) is 2.46. The van der Waals surface area contributed by atoms with Crippen LogP contribution in [-0.4, -0.2) is 19.6 Å². The number of aromatic nitrogens is 4. The smallest absolute Gasteiger partial charge is 0.255 e. The lowest BCUT2D eigenvalue weighted by molar-refractivity contribution is 0.738. The monoisotopic (exact) mass is 310 g/mol. The van der Waals surface area contributed by atoms with E-state index in [4.69, 9.17) is 11.6 Å². The highest BCUT2D eigenvalue weighted by Crippen LogP contribution is 2.52. The van der Waals surface area contributed by atoms with Crippen molar-refractivity contribution < 1.29 is 0 Å². The predicted octanol–water partition coefficient (Wildman–Crippen LogP) is 3.74. The van der Waals surface area contributed by atoms with Gasteiger partial charge in [0.15, 0.2) is 0 Å². The van der Waals surface area contributed by atoms with Crippen LogP contribution in [0.2, 0.25) is 5.02 Å². The lowest BCUT2D eigenvalue weighted by Crippen LogP contribution is -2.13. The maximum Gasteiger partial charge on any atom is 0.255 e. The summed E-state index contributed by atoms with van der Waals surface area (Å²) in [4.78, 5) is 4.68. The minimum Gasteiger partial charge on any atom is -0.270 e. The van der Waals surface area contributed by atoms with E-state index in [-0.39, 0.29) is 5.41 Å². The molecule has 0 radical (unpaired) electrons. The lowest BCUT2D eigenvalue weighted by atomic mass is 9.95. The van der Waals surface area contributed by atoms with Crippen molar-refractivity contribution in [2.45, 2.75) is 37.0 Å². The Balaban J connectivity index is 1.62. The van der Waals surface area contributed by atoms with E-state index >= 15 is 0 Å². The van der Waals surface area contributed by atoms with Gasteiger partial charge in [-0.15, -0.1) is 10.2 Å². The SMILES string of the molecule is Clc1ccc(C2(c3nnc4nc(C5CC5)ccn34)CC2)cc1. The first-order valence-electron chi connectivity index (χ1n) is 7.74. The van der Waals surface area contributed by atoms with Crippen LogP contribution in [0.4, 0.5) is 0 Å². The second kappa shape index (κ2) is 4.29. The van der Waals surface area contributed by atoms with Gasteiger partial charge in [0, 0.05) is 22.8 Å². The molecule has 4 nitrogen and oxygen atoms in total. The van der Waals surface area contributed by atoms with Gasteiger partial charge in [-0.2, -0.15) is 0 Å². The largest absolute Gasteiger partial charge is 0.270 e. The molecule has 1 aromatic carbocycles. The first kappa shape index (κ1) is 12.6. The lowest BCUT2D eigenvalue weighted by Gasteiger charge is -2.14. The van der Waals surface area contributed by atoms with Crippen molar-refractivity contribution in [2.24, 2.45) is 0 Å². The van der Waals surface area contributed by atoms with Gasteiger partial charge < -0.3 is 0 Å². The van der Waals surface area contributed by atoms with E-state index < -0.39 is 0 Å². The summed E-state index contributed by atoms with van der Waals surface area (Å²) < 4.78 is 2.05. The maximum absolute atomic E-state index is 6.01. The molecule has 0 amide bonds. The van der Waals surface area contributed by atoms with E-state index in [0.29, 0.717) is 5.92 Å². The van der Waals surface area contributed by atoms with Crippen molar-refractivity contribution in [3.8, 4) is 0 Å². The van der Waals surface area contributed by atoms with Gasteiger partial charge >= 0.3 is 0 Å². The quantitative estimate of drug-likeness (QED) is 0.740. The molecule has 22 heavy (non-hydrogen) atoms. The average molecular weight is 311 g/mol. The molecule has 0 spiro atoms. The van der Waals surface area contributed by atoms with Gasteiger partial charge in [0.05, 0.1) is 5.41 Å². The number of halogens is 1. The van der Waals surface area contributed by atoms with Gasteiger partial charge in [-0.3, -0.25) is 4.40 Å². The van der Waals surface area contributed by atoms with Crippen LogP contribution < -0.4 is 0 Å². The summed E-state index contributed by atoms with van der Waals surface area (Å²) in [6.07, 6.45) is 6.78. The molecule has 0 bridgehead atoms. The second-order valence-electron chi connectivity index (χ2n) is 6.41. The van der Waals surface area contributed by atoms with Crippen molar-refractivity contribution in [3.05, 3.63) is 58.6 Å². The number of hydrogen-bond acceptors (Lipinski definition) is 3. The predicted molar refractivity (Wildman–Crippen MR) is 84.2 cm³/mol. The normalized spacial score (nSPS) is 19.5. The van der Waals surface area contributed by atoms with Crippen LogP contribution in [0.3, 0.4) is 0 Å². The maximum atomic E-state index is 6.01. The third-order valence-corrected chi connectivity index (χ3v) is 5.12. The van der Waals surface area contributed by atoms with Crippen LogP contribution >= 0.6 is 11.6 Å². The Labute approximate surface area is 133 Å². The molecule has 2 aromatic heterocycles. The third kappa shape index (κ3) is 1.80. The zero-order valence-electron chi connectivity index (χ0n) is 12.0. The molecule has 2 aliphatic rings. The van der Waals surface area contributed by atoms with Crippen LogP contribution in [0.5, 0.6) is 0 Å². The summed E-state index contributed by atoms with van der Waals surface area (Å²) >= 11 is 6.01. The molecule has 0 unspecified atom stereocenters. The highest BCUT2D eigenvalue weighted by atomic mass is 35.5. The van der Waals surface area contributed by atoms with E-state index in [0.717, 1.165) is 35.2 Å². The summed E-state index contributed by atoms with van der Waals surface area (Å²) in [5, 5.41) is 9.55. The van der Waals surface area contributed by atoms with Gasteiger partial charge in [0.1, 0.15) is 5.82 Å². The Morgan fingerprint density at radius 3 is 2.50 bits per heavy atom. The number of fused-ring (bicyclic) bond motifs is 1. The zero-order valence-corrected chi connectivity index (χ0v) is 12.8. The minimum atomic E-state index is -0.0210. The molecular weight excluding hydrogens is 296 g/mol. The Morgan fingerprint density at radius 1 is 1.05 bits per heavy atom. The van der Waals surface area contributed by atoms with Crippen LogP contribution in [0, 0.1) is 0 Å². The number of hydrogen-bond donors (Lipinski definition) is 0. The van der Waals surface area contributed by atoms with Crippen LogP contribution in [0.1, 0.15) is 48.7 Å². The Bertz CT molecular complexity index is 860. The highest BCUT2D eigenvalue weighted by molar-refractivity contribution is 6.30. The Hall–Kier alpha value is -1.94. The summed E-state index contributed by atoms with van der Waals surface area (Å²) in [5.74, 6) is 2.36. The zero-order chi connectivity index (χ0) is 14.7. The molecule has 2 fully saturated rings. The van der Waals surface area contributed by atoms with E-state index in [1.54, 1.807) is 0 Å². The van der Waals surface area contributed by atoms with Crippen LogP contribution in [0.25, 0.3) is 5.78 Å². The number of benzene rings is 1.